The number of carbonyl (C=O) groups excluding carboxylic acids is 1. The molecule has 17 heavy (non-hydrogen) atoms. The lowest BCUT2D eigenvalue weighted by atomic mass is 10.2. The van der Waals surface area contributed by atoms with Gasteiger partial charge in [0, 0.05) is 11.3 Å². The largest absolute Gasteiger partial charge is 0.322 e. The highest BCUT2D eigenvalue weighted by atomic mass is 19.1. The zero-order valence-electron chi connectivity index (χ0n) is 8.78. The predicted octanol–water partition coefficient (Wildman–Crippen LogP) is 3.22. The number of nitrogens with one attached hydrogen (secondary N) is 1. The summed E-state index contributed by atoms with van der Waals surface area (Å²) in [5.74, 6) is -1.13. The van der Waals surface area contributed by atoms with Crippen LogP contribution in [0.15, 0.2) is 48.5 Å². The number of halogens is 2. The first-order valence-corrected chi connectivity index (χ1v) is 4.97. The summed E-state index contributed by atoms with van der Waals surface area (Å²) in [5.41, 5.74) is 0.830. The van der Waals surface area contributed by atoms with Crippen molar-refractivity contribution in [3.8, 4) is 0 Å². The Bertz CT molecular complexity index is 520. The number of hydrogen-bond acceptors (Lipinski definition) is 1. The van der Waals surface area contributed by atoms with Crippen LogP contribution in [0.4, 0.5) is 14.5 Å². The Morgan fingerprint density at radius 3 is 1.82 bits per heavy atom. The molecule has 0 fully saturated rings. The fraction of sp³-hybridized carbons (Fsp3) is 0. The van der Waals surface area contributed by atoms with Crippen LogP contribution in [0, 0.1) is 11.6 Å². The second-order valence-electron chi connectivity index (χ2n) is 3.47. The summed E-state index contributed by atoms with van der Waals surface area (Å²) < 4.78 is 25.3. The van der Waals surface area contributed by atoms with Gasteiger partial charge < -0.3 is 5.32 Å². The van der Waals surface area contributed by atoms with Crippen LogP contribution in [-0.4, -0.2) is 5.91 Å². The van der Waals surface area contributed by atoms with Crippen LogP contribution in [0.3, 0.4) is 0 Å². The van der Waals surface area contributed by atoms with Crippen LogP contribution < -0.4 is 5.32 Å². The van der Waals surface area contributed by atoms with Gasteiger partial charge in [-0.3, -0.25) is 4.79 Å². The smallest absolute Gasteiger partial charge is 0.255 e. The molecular weight excluding hydrogens is 224 g/mol. The molecule has 0 saturated carbocycles. The Labute approximate surface area is 96.9 Å². The van der Waals surface area contributed by atoms with Gasteiger partial charge in [0.05, 0.1) is 0 Å². The first-order chi connectivity index (χ1) is 8.15. The predicted molar refractivity (Wildman–Crippen MR) is 60.8 cm³/mol. The Morgan fingerprint density at radius 2 is 1.29 bits per heavy atom. The molecule has 0 saturated heterocycles. The molecule has 0 atom stereocenters. The van der Waals surface area contributed by atoms with Gasteiger partial charge in [-0.15, -0.1) is 0 Å². The molecule has 0 aliphatic carbocycles. The molecule has 0 aliphatic heterocycles. The van der Waals surface area contributed by atoms with E-state index < -0.39 is 5.82 Å². The molecule has 2 aromatic rings. The van der Waals surface area contributed by atoms with E-state index in [0.29, 0.717) is 11.3 Å². The molecule has 1 N–H and O–H groups in total. The Balaban J connectivity index is 2.11. The van der Waals surface area contributed by atoms with E-state index in [1.165, 1.54) is 48.5 Å². The van der Waals surface area contributed by atoms with Crippen LogP contribution in [0.5, 0.6) is 0 Å². The van der Waals surface area contributed by atoms with E-state index >= 15 is 0 Å². The van der Waals surface area contributed by atoms with E-state index in [9.17, 15) is 13.6 Å². The number of anilines is 1. The van der Waals surface area contributed by atoms with Crippen LogP contribution in [0.25, 0.3) is 0 Å². The van der Waals surface area contributed by atoms with Crippen LogP contribution >= 0.6 is 0 Å². The number of carbonyl (C=O) groups is 1. The van der Waals surface area contributed by atoms with E-state index in [0.717, 1.165) is 0 Å². The van der Waals surface area contributed by atoms with Gasteiger partial charge in [0.2, 0.25) is 0 Å². The number of amides is 1. The first kappa shape index (κ1) is 11.3. The quantitative estimate of drug-likeness (QED) is 0.847. The third-order valence-corrected chi connectivity index (χ3v) is 2.21. The minimum absolute atomic E-state index is 0.343. The zero-order valence-corrected chi connectivity index (χ0v) is 8.78. The van der Waals surface area contributed by atoms with E-state index in [1.807, 2.05) is 0 Å². The summed E-state index contributed by atoms with van der Waals surface area (Å²) in [4.78, 5) is 11.7. The van der Waals surface area contributed by atoms with Crippen molar-refractivity contribution in [2.45, 2.75) is 0 Å². The van der Waals surface area contributed by atoms with Crippen LogP contribution in [-0.2, 0) is 0 Å². The number of rotatable bonds is 2. The maximum atomic E-state index is 12.6. The molecular formula is C13H9F2NO. The van der Waals surface area contributed by atoms with Crippen LogP contribution in [0.1, 0.15) is 10.4 Å². The maximum Gasteiger partial charge on any atom is 0.255 e. The fourth-order valence-corrected chi connectivity index (χ4v) is 1.34. The highest BCUT2D eigenvalue weighted by Crippen LogP contribution is 2.11. The van der Waals surface area contributed by atoms with Gasteiger partial charge in [0.1, 0.15) is 11.6 Å². The normalized spacial score (nSPS) is 10.0. The first-order valence-electron chi connectivity index (χ1n) is 4.97. The highest BCUT2D eigenvalue weighted by Gasteiger charge is 2.05. The van der Waals surface area contributed by atoms with E-state index in [-0.39, 0.29) is 11.7 Å². The van der Waals surface area contributed by atoms with Crippen molar-refractivity contribution < 1.29 is 13.6 Å². The van der Waals surface area contributed by atoms with Gasteiger partial charge in [-0.1, -0.05) is 0 Å². The lowest BCUT2D eigenvalue weighted by Gasteiger charge is -2.04. The Kier molecular flexibility index (Phi) is 3.14. The minimum Gasteiger partial charge on any atom is -0.322 e. The molecule has 0 aromatic heterocycles. The molecule has 2 aromatic carbocycles. The second-order valence-corrected chi connectivity index (χ2v) is 3.47. The molecule has 2 nitrogen and oxygen atoms in total. The molecule has 0 spiro atoms. The molecule has 1 amide bonds. The fourth-order valence-electron chi connectivity index (χ4n) is 1.34. The number of hydrogen-bond donors (Lipinski definition) is 1. The lowest BCUT2D eigenvalue weighted by molar-refractivity contribution is 0.102. The van der Waals surface area contributed by atoms with Crippen molar-refractivity contribution in [1.82, 2.24) is 0 Å². The van der Waals surface area contributed by atoms with Crippen LogP contribution in [0.2, 0.25) is 0 Å². The number of benzene rings is 2. The van der Waals surface area contributed by atoms with Gasteiger partial charge in [0.15, 0.2) is 0 Å². The summed E-state index contributed by atoms with van der Waals surface area (Å²) in [6.07, 6.45) is 0. The average molecular weight is 233 g/mol. The average Bonchev–Trinajstić information content (AvgIpc) is 2.33. The second kappa shape index (κ2) is 4.74. The SMILES string of the molecule is O=C(Nc1ccc(F)cc1)c1ccc(F)cc1. The van der Waals surface area contributed by atoms with Gasteiger partial charge in [-0.2, -0.15) is 0 Å². The third kappa shape index (κ3) is 2.87. The molecule has 2 rings (SSSR count). The monoisotopic (exact) mass is 233 g/mol. The minimum atomic E-state index is -0.400. The summed E-state index contributed by atoms with van der Waals surface area (Å²) in [6, 6.07) is 10.6. The lowest BCUT2D eigenvalue weighted by Crippen LogP contribution is -2.11. The Hall–Kier alpha value is -2.23. The molecule has 0 radical (unpaired) electrons. The Morgan fingerprint density at radius 1 is 0.824 bits per heavy atom. The van der Waals surface area contributed by atoms with Crippen molar-refractivity contribution in [3.63, 3.8) is 0 Å². The molecule has 0 aliphatic rings. The van der Waals surface area contributed by atoms with Crippen molar-refractivity contribution in [3.05, 3.63) is 65.7 Å². The van der Waals surface area contributed by atoms with Crippen molar-refractivity contribution in [2.75, 3.05) is 5.32 Å². The third-order valence-electron chi connectivity index (χ3n) is 2.21. The zero-order chi connectivity index (χ0) is 12.3. The molecule has 0 bridgehead atoms. The summed E-state index contributed by atoms with van der Waals surface area (Å²) in [5, 5.41) is 2.58. The molecule has 86 valence electrons. The van der Waals surface area contributed by atoms with Crippen molar-refractivity contribution in [1.29, 1.82) is 0 Å². The summed E-state index contributed by atoms with van der Waals surface area (Å²) >= 11 is 0. The van der Waals surface area contributed by atoms with Gasteiger partial charge in [0.25, 0.3) is 5.91 Å². The highest BCUT2D eigenvalue weighted by molar-refractivity contribution is 6.04. The topological polar surface area (TPSA) is 29.1 Å². The maximum absolute atomic E-state index is 12.6. The standard InChI is InChI=1S/C13H9F2NO/c14-10-3-1-9(2-4-10)13(17)16-12-7-5-11(15)6-8-12/h1-8H,(H,16,17). The molecule has 4 heteroatoms. The van der Waals surface area contributed by atoms with E-state index in [1.54, 1.807) is 0 Å². The summed E-state index contributed by atoms with van der Waals surface area (Å²) in [6.45, 7) is 0. The van der Waals surface area contributed by atoms with Crippen molar-refractivity contribution >= 4 is 11.6 Å². The van der Waals surface area contributed by atoms with Gasteiger partial charge in [-0.05, 0) is 48.5 Å². The van der Waals surface area contributed by atoms with E-state index in [4.69, 9.17) is 0 Å². The van der Waals surface area contributed by atoms with Crippen molar-refractivity contribution in [2.24, 2.45) is 0 Å². The van der Waals surface area contributed by atoms with Gasteiger partial charge >= 0.3 is 0 Å². The van der Waals surface area contributed by atoms with Gasteiger partial charge in [-0.25, -0.2) is 8.78 Å². The van der Waals surface area contributed by atoms with E-state index in [2.05, 4.69) is 5.32 Å². The molecule has 0 unspecified atom stereocenters. The molecule has 0 heterocycles. The summed E-state index contributed by atoms with van der Waals surface area (Å²) in [7, 11) is 0.